The Bertz CT molecular complexity index is 802. The summed E-state index contributed by atoms with van der Waals surface area (Å²) in [6.07, 6.45) is 4.19. The summed E-state index contributed by atoms with van der Waals surface area (Å²) < 4.78 is 4.93. The molecule has 3 amide bonds. The van der Waals surface area contributed by atoms with Gasteiger partial charge >= 0.3 is 5.97 Å². The van der Waals surface area contributed by atoms with Crippen LogP contribution < -0.4 is 5.32 Å². The zero-order valence-electron chi connectivity index (χ0n) is 17.8. The summed E-state index contributed by atoms with van der Waals surface area (Å²) in [5.41, 5.74) is 0.670. The molecule has 0 aromatic heterocycles. The SMILES string of the molecule is CCC(C)C(C(=O)NCC1CCCCC1C(=O)OC)N1C(=O)c2ccccc2C1=O. The van der Waals surface area contributed by atoms with Crippen molar-refractivity contribution in [3.05, 3.63) is 35.4 Å². The molecular weight excluding hydrogens is 384 g/mol. The molecule has 30 heavy (non-hydrogen) atoms. The molecule has 0 bridgehead atoms. The lowest BCUT2D eigenvalue weighted by molar-refractivity contribution is -0.149. The van der Waals surface area contributed by atoms with Gasteiger partial charge in [-0.1, -0.05) is 45.2 Å². The Kier molecular flexibility index (Phi) is 6.90. The van der Waals surface area contributed by atoms with Crippen molar-refractivity contribution in [2.75, 3.05) is 13.7 Å². The highest BCUT2D eigenvalue weighted by Crippen LogP contribution is 2.31. The number of nitrogens with one attached hydrogen (secondary N) is 1. The Morgan fingerprint density at radius 3 is 2.30 bits per heavy atom. The Balaban J connectivity index is 1.76. The topological polar surface area (TPSA) is 92.8 Å². The fourth-order valence-corrected chi connectivity index (χ4v) is 4.56. The molecule has 7 nitrogen and oxygen atoms in total. The molecule has 0 radical (unpaired) electrons. The molecule has 1 aliphatic carbocycles. The molecule has 1 saturated carbocycles. The normalized spacial score (nSPS) is 23.0. The van der Waals surface area contributed by atoms with Crippen LogP contribution in [0.25, 0.3) is 0 Å². The average molecular weight is 415 g/mol. The molecule has 3 rings (SSSR count). The minimum Gasteiger partial charge on any atom is -0.469 e. The van der Waals surface area contributed by atoms with Crippen molar-refractivity contribution in [2.45, 2.75) is 52.0 Å². The zero-order valence-corrected chi connectivity index (χ0v) is 17.8. The van der Waals surface area contributed by atoms with E-state index in [1.165, 1.54) is 7.11 Å². The minimum absolute atomic E-state index is 0.00471. The minimum atomic E-state index is -0.887. The van der Waals surface area contributed by atoms with Gasteiger partial charge in [-0.3, -0.25) is 24.1 Å². The average Bonchev–Trinajstić information content (AvgIpc) is 3.02. The van der Waals surface area contributed by atoms with Gasteiger partial charge in [0.05, 0.1) is 24.2 Å². The highest BCUT2D eigenvalue weighted by molar-refractivity contribution is 6.22. The van der Waals surface area contributed by atoms with E-state index in [1.807, 2.05) is 13.8 Å². The van der Waals surface area contributed by atoms with Crippen LogP contribution in [0.1, 0.15) is 66.7 Å². The largest absolute Gasteiger partial charge is 0.469 e. The van der Waals surface area contributed by atoms with Gasteiger partial charge < -0.3 is 10.1 Å². The molecule has 0 saturated heterocycles. The molecule has 7 heteroatoms. The van der Waals surface area contributed by atoms with Gasteiger partial charge in [-0.15, -0.1) is 0 Å². The van der Waals surface area contributed by atoms with Crippen LogP contribution in [-0.2, 0) is 14.3 Å². The first kappa shape index (κ1) is 22.0. The Labute approximate surface area is 177 Å². The number of hydrogen-bond donors (Lipinski definition) is 1. The summed E-state index contributed by atoms with van der Waals surface area (Å²) in [5.74, 6) is -1.89. The number of carbonyl (C=O) groups is 4. The number of ether oxygens (including phenoxy) is 1. The van der Waals surface area contributed by atoms with Crippen LogP contribution in [0.3, 0.4) is 0 Å². The maximum Gasteiger partial charge on any atom is 0.309 e. The molecular formula is C23H30N2O5. The monoisotopic (exact) mass is 414 g/mol. The number of hydrogen-bond acceptors (Lipinski definition) is 5. The Morgan fingerprint density at radius 2 is 1.73 bits per heavy atom. The van der Waals surface area contributed by atoms with Crippen LogP contribution in [0.4, 0.5) is 0 Å². The zero-order chi connectivity index (χ0) is 21.8. The van der Waals surface area contributed by atoms with Gasteiger partial charge in [-0.25, -0.2) is 0 Å². The molecule has 4 atom stereocenters. The predicted octanol–water partition coefficient (Wildman–Crippen LogP) is 2.79. The van der Waals surface area contributed by atoms with Crippen LogP contribution in [0, 0.1) is 17.8 Å². The van der Waals surface area contributed by atoms with Gasteiger partial charge in [0, 0.05) is 6.54 Å². The standard InChI is InChI=1S/C23H30N2O5/c1-4-14(2)19(25-21(27)17-11-7-8-12-18(17)22(25)28)20(26)24-13-15-9-5-6-10-16(15)23(29)30-3/h7-8,11-12,14-16,19H,4-6,9-10,13H2,1-3H3,(H,24,26). The molecule has 2 aliphatic rings. The van der Waals surface area contributed by atoms with Gasteiger partial charge in [0.1, 0.15) is 6.04 Å². The Morgan fingerprint density at radius 1 is 1.13 bits per heavy atom. The van der Waals surface area contributed by atoms with Crippen LogP contribution in [0.2, 0.25) is 0 Å². The van der Waals surface area contributed by atoms with Crippen LogP contribution in [-0.4, -0.2) is 48.3 Å². The number of benzene rings is 1. The van der Waals surface area contributed by atoms with Gasteiger partial charge in [0.2, 0.25) is 5.91 Å². The highest BCUT2D eigenvalue weighted by Gasteiger charge is 2.44. The summed E-state index contributed by atoms with van der Waals surface area (Å²) in [6.45, 7) is 4.12. The maximum atomic E-state index is 13.2. The lowest BCUT2D eigenvalue weighted by atomic mass is 9.79. The van der Waals surface area contributed by atoms with Gasteiger partial charge in [0.25, 0.3) is 11.8 Å². The van der Waals surface area contributed by atoms with E-state index in [4.69, 9.17) is 4.74 Å². The predicted molar refractivity (Wildman–Crippen MR) is 111 cm³/mol. The molecule has 162 valence electrons. The molecule has 0 spiro atoms. The van der Waals surface area contributed by atoms with Crippen LogP contribution in [0.15, 0.2) is 24.3 Å². The first-order valence-corrected chi connectivity index (χ1v) is 10.7. The van der Waals surface area contributed by atoms with E-state index in [9.17, 15) is 19.2 Å². The molecule has 1 N–H and O–H groups in total. The highest BCUT2D eigenvalue weighted by atomic mass is 16.5. The molecule has 1 heterocycles. The van der Waals surface area contributed by atoms with E-state index in [0.717, 1.165) is 30.6 Å². The van der Waals surface area contributed by atoms with Crippen molar-refractivity contribution in [2.24, 2.45) is 17.8 Å². The molecule has 1 aromatic rings. The second-order valence-electron chi connectivity index (χ2n) is 8.28. The fraction of sp³-hybridized carbons (Fsp3) is 0.565. The lowest BCUT2D eigenvalue weighted by Crippen LogP contribution is -2.53. The van der Waals surface area contributed by atoms with Crippen molar-refractivity contribution in [3.63, 3.8) is 0 Å². The quantitative estimate of drug-likeness (QED) is 0.547. The van der Waals surface area contributed by atoms with Gasteiger partial charge in [0.15, 0.2) is 0 Å². The Hall–Kier alpha value is -2.70. The van der Waals surface area contributed by atoms with E-state index >= 15 is 0 Å². The van der Waals surface area contributed by atoms with Crippen molar-refractivity contribution in [1.82, 2.24) is 10.2 Å². The number of imide groups is 1. The van der Waals surface area contributed by atoms with Crippen molar-refractivity contribution in [3.8, 4) is 0 Å². The maximum absolute atomic E-state index is 13.2. The second kappa shape index (κ2) is 9.41. The van der Waals surface area contributed by atoms with E-state index in [2.05, 4.69) is 5.32 Å². The number of esters is 1. The number of rotatable bonds is 7. The molecule has 1 fully saturated rings. The second-order valence-corrected chi connectivity index (χ2v) is 8.28. The van der Waals surface area contributed by atoms with Crippen molar-refractivity contribution in [1.29, 1.82) is 0 Å². The van der Waals surface area contributed by atoms with Crippen molar-refractivity contribution >= 4 is 23.7 Å². The van der Waals surface area contributed by atoms with E-state index in [1.54, 1.807) is 24.3 Å². The summed E-state index contributed by atoms with van der Waals surface area (Å²) in [4.78, 5) is 52.2. The molecule has 1 aromatic carbocycles. The molecule has 4 unspecified atom stereocenters. The lowest BCUT2D eigenvalue weighted by Gasteiger charge is -2.32. The first-order chi connectivity index (χ1) is 14.4. The van der Waals surface area contributed by atoms with Crippen LogP contribution in [0.5, 0.6) is 0 Å². The van der Waals surface area contributed by atoms with E-state index in [-0.39, 0.29) is 29.6 Å². The number of carbonyl (C=O) groups excluding carboxylic acids is 4. The molecule has 1 aliphatic heterocycles. The third-order valence-corrected chi connectivity index (χ3v) is 6.51. The van der Waals surface area contributed by atoms with Crippen molar-refractivity contribution < 1.29 is 23.9 Å². The van der Waals surface area contributed by atoms with Crippen LogP contribution >= 0.6 is 0 Å². The smallest absolute Gasteiger partial charge is 0.309 e. The summed E-state index contributed by atoms with van der Waals surface area (Å²) >= 11 is 0. The number of fused-ring (bicyclic) bond motifs is 1. The summed E-state index contributed by atoms with van der Waals surface area (Å²) in [5, 5.41) is 2.93. The summed E-state index contributed by atoms with van der Waals surface area (Å²) in [7, 11) is 1.38. The van der Waals surface area contributed by atoms with E-state index < -0.39 is 17.9 Å². The number of amides is 3. The number of methoxy groups -OCH3 is 1. The summed E-state index contributed by atoms with van der Waals surface area (Å²) in [6, 6.07) is 5.76. The van der Waals surface area contributed by atoms with Gasteiger partial charge in [-0.05, 0) is 36.8 Å². The fourth-order valence-electron chi connectivity index (χ4n) is 4.56. The third kappa shape index (κ3) is 4.11. The first-order valence-electron chi connectivity index (χ1n) is 10.7. The third-order valence-electron chi connectivity index (χ3n) is 6.51. The van der Waals surface area contributed by atoms with E-state index in [0.29, 0.717) is 24.1 Å². The number of nitrogens with zero attached hydrogens (tertiary/aromatic N) is 1. The van der Waals surface area contributed by atoms with Gasteiger partial charge in [-0.2, -0.15) is 0 Å².